The van der Waals surface area contributed by atoms with Gasteiger partial charge in [0, 0.05) is 31.1 Å². The summed E-state index contributed by atoms with van der Waals surface area (Å²) >= 11 is 5.07. The number of piperidine rings is 1. The van der Waals surface area contributed by atoms with E-state index in [1.807, 2.05) is 6.07 Å². The van der Waals surface area contributed by atoms with Gasteiger partial charge in [-0.2, -0.15) is 0 Å². The fourth-order valence-corrected chi connectivity index (χ4v) is 2.63. The minimum atomic E-state index is 0.168. The van der Waals surface area contributed by atoms with Crippen molar-refractivity contribution in [3.63, 3.8) is 0 Å². The van der Waals surface area contributed by atoms with Gasteiger partial charge in [0.15, 0.2) is 0 Å². The molecular weight excluding hydrogens is 260 g/mol. The number of carbonyl (C=O) groups excluding carboxylic acids is 1. The van der Waals surface area contributed by atoms with Crippen LogP contribution in [0.2, 0.25) is 0 Å². The Morgan fingerprint density at radius 1 is 1.37 bits per heavy atom. The summed E-state index contributed by atoms with van der Waals surface area (Å²) in [5, 5.41) is 3.10. The Balaban J connectivity index is 1.56. The molecule has 1 amide bonds. The number of anilines is 1. The van der Waals surface area contributed by atoms with Crippen LogP contribution in [-0.4, -0.2) is 35.0 Å². The lowest BCUT2D eigenvalue weighted by molar-refractivity contribution is -0.125. The number of amides is 1. The highest BCUT2D eigenvalue weighted by atomic mass is 32.1. The number of nitrogens with zero attached hydrogens (tertiary/aromatic N) is 2. The molecule has 1 aromatic heterocycles. The van der Waals surface area contributed by atoms with Gasteiger partial charge in [-0.3, -0.25) is 4.79 Å². The molecule has 1 saturated carbocycles. The third-order valence-corrected chi connectivity index (χ3v) is 4.02. The van der Waals surface area contributed by atoms with Crippen molar-refractivity contribution >= 4 is 23.9 Å². The van der Waals surface area contributed by atoms with Crippen LogP contribution in [0.3, 0.4) is 0 Å². The minimum absolute atomic E-state index is 0.168. The first-order valence-corrected chi connectivity index (χ1v) is 7.23. The summed E-state index contributed by atoms with van der Waals surface area (Å²) in [5.74, 6) is 1.41. The number of hydrogen-bond acceptors (Lipinski definition) is 4. The van der Waals surface area contributed by atoms with Crippen molar-refractivity contribution in [2.24, 2.45) is 5.92 Å². The fraction of sp³-hybridized carbons (Fsp3) is 0.615. The van der Waals surface area contributed by atoms with E-state index in [9.17, 15) is 4.79 Å². The lowest BCUT2D eigenvalue weighted by Crippen LogP contribution is -2.41. The maximum Gasteiger partial charge on any atom is 0.223 e. The second-order valence-electron chi connectivity index (χ2n) is 5.31. The standard InChI is InChI=1S/C13H18N4OS/c18-13(16-10-1-2-10)9-3-5-17(6-4-9)11-7-12(19)15-8-14-11/h7-10H,1-6H2,(H,16,18)(H,14,15,19). The highest BCUT2D eigenvalue weighted by Crippen LogP contribution is 2.24. The Hall–Kier alpha value is -1.43. The molecule has 19 heavy (non-hydrogen) atoms. The molecule has 0 atom stereocenters. The average Bonchev–Trinajstić information content (AvgIpc) is 3.23. The van der Waals surface area contributed by atoms with Crippen LogP contribution < -0.4 is 10.2 Å². The van der Waals surface area contributed by atoms with E-state index in [1.54, 1.807) is 6.33 Å². The summed E-state index contributed by atoms with van der Waals surface area (Å²) in [7, 11) is 0. The average molecular weight is 278 g/mol. The maximum absolute atomic E-state index is 12.0. The van der Waals surface area contributed by atoms with Crippen LogP contribution >= 0.6 is 12.2 Å². The maximum atomic E-state index is 12.0. The summed E-state index contributed by atoms with van der Waals surface area (Å²) in [5.41, 5.74) is 0. The highest BCUT2D eigenvalue weighted by molar-refractivity contribution is 7.71. The number of carbonyl (C=O) groups is 1. The van der Waals surface area contributed by atoms with E-state index >= 15 is 0 Å². The van der Waals surface area contributed by atoms with Crippen molar-refractivity contribution in [1.29, 1.82) is 0 Å². The number of hydrogen-bond donors (Lipinski definition) is 2. The normalized spacial score (nSPS) is 20.3. The molecule has 2 N–H and O–H groups in total. The summed E-state index contributed by atoms with van der Waals surface area (Å²) in [6, 6.07) is 2.33. The monoisotopic (exact) mass is 278 g/mol. The third kappa shape index (κ3) is 3.12. The van der Waals surface area contributed by atoms with Gasteiger partial charge in [0.05, 0.1) is 6.33 Å². The molecule has 1 aliphatic carbocycles. The molecular formula is C13H18N4OS. The fourth-order valence-electron chi connectivity index (χ4n) is 2.47. The van der Waals surface area contributed by atoms with Crippen molar-refractivity contribution in [1.82, 2.24) is 15.3 Å². The van der Waals surface area contributed by atoms with E-state index in [-0.39, 0.29) is 11.8 Å². The lowest BCUT2D eigenvalue weighted by Gasteiger charge is -2.32. The second kappa shape index (κ2) is 5.28. The number of H-pyrrole nitrogens is 1. The van der Waals surface area contributed by atoms with Gasteiger partial charge < -0.3 is 15.2 Å². The molecule has 2 aliphatic rings. The zero-order valence-corrected chi connectivity index (χ0v) is 11.6. The minimum Gasteiger partial charge on any atom is -0.358 e. The van der Waals surface area contributed by atoms with Gasteiger partial charge in [0.1, 0.15) is 10.5 Å². The molecule has 102 valence electrons. The van der Waals surface area contributed by atoms with Crippen LogP contribution in [-0.2, 0) is 4.79 Å². The summed E-state index contributed by atoms with van der Waals surface area (Å²) < 4.78 is 0.599. The van der Waals surface area contributed by atoms with Gasteiger partial charge >= 0.3 is 0 Å². The molecule has 1 aromatic rings. The molecule has 1 aliphatic heterocycles. The predicted molar refractivity (Wildman–Crippen MR) is 75.5 cm³/mol. The Morgan fingerprint density at radius 2 is 2.11 bits per heavy atom. The Labute approximate surface area is 117 Å². The van der Waals surface area contributed by atoms with E-state index < -0.39 is 0 Å². The van der Waals surface area contributed by atoms with Crippen LogP contribution in [0.15, 0.2) is 12.4 Å². The summed E-state index contributed by atoms with van der Waals surface area (Å²) in [6.45, 7) is 1.77. The molecule has 0 bridgehead atoms. The van der Waals surface area contributed by atoms with Crippen LogP contribution in [0.1, 0.15) is 25.7 Å². The smallest absolute Gasteiger partial charge is 0.223 e. The van der Waals surface area contributed by atoms with E-state index in [0.717, 1.165) is 44.6 Å². The van der Waals surface area contributed by atoms with Gasteiger partial charge in [0.2, 0.25) is 5.91 Å². The third-order valence-electron chi connectivity index (χ3n) is 3.79. The van der Waals surface area contributed by atoms with Crippen molar-refractivity contribution in [3.05, 3.63) is 17.0 Å². The number of rotatable bonds is 3. The lowest BCUT2D eigenvalue weighted by atomic mass is 9.96. The first kappa shape index (κ1) is 12.6. The molecule has 0 unspecified atom stereocenters. The van der Waals surface area contributed by atoms with Gasteiger partial charge in [-0.25, -0.2) is 4.98 Å². The zero-order chi connectivity index (χ0) is 13.2. The van der Waals surface area contributed by atoms with E-state index in [4.69, 9.17) is 12.2 Å². The first-order chi connectivity index (χ1) is 9.22. The Kier molecular flexibility index (Phi) is 3.50. The van der Waals surface area contributed by atoms with Gasteiger partial charge in [-0.15, -0.1) is 0 Å². The highest BCUT2D eigenvalue weighted by Gasteiger charge is 2.30. The van der Waals surface area contributed by atoms with Crippen LogP contribution in [0.25, 0.3) is 0 Å². The van der Waals surface area contributed by atoms with E-state index in [1.165, 1.54) is 0 Å². The van der Waals surface area contributed by atoms with Crippen LogP contribution in [0, 0.1) is 10.6 Å². The molecule has 6 heteroatoms. The van der Waals surface area contributed by atoms with Gasteiger partial charge in [0.25, 0.3) is 0 Å². The topological polar surface area (TPSA) is 61.0 Å². The van der Waals surface area contributed by atoms with E-state index in [0.29, 0.717) is 10.7 Å². The molecule has 0 spiro atoms. The van der Waals surface area contributed by atoms with Crippen LogP contribution in [0.4, 0.5) is 5.82 Å². The van der Waals surface area contributed by atoms with Gasteiger partial charge in [-0.05, 0) is 25.7 Å². The first-order valence-electron chi connectivity index (χ1n) is 6.82. The largest absolute Gasteiger partial charge is 0.358 e. The quantitative estimate of drug-likeness (QED) is 0.825. The van der Waals surface area contributed by atoms with Crippen LogP contribution in [0.5, 0.6) is 0 Å². The Bertz CT molecular complexity index is 517. The predicted octanol–water partition coefficient (Wildman–Crippen LogP) is 1.63. The Morgan fingerprint density at radius 3 is 2.74 bits per heavy atom. The number of aromatic nitrogens is 2. The molecule has 3 rings (SSSR count). The molecule has 0 aromatic carbocycles. The van der Waals surface area contributed by atoms with Crippen molar-refractivity contribution in [3.8, 4) is 0 Å². The van der Waals surface area contributed by atoms with Gasteiger partial charge in [-0.1, -0.05) is 12.2 Å². The summed E-state index contributed by atoms with van der Waals surface area (Å²) in [4.78, 5) is 21.3. The summed E-state index contributed by atoms with van der Waals surface area (Å²) in [6.07, 6.45) is 5.74. The second-order valence-corrected chi connectivity index (χ2v) is 5.73. The molecule has 1 saturated heterocycles. The van der Waals surface area contributed by atoms with Crippen molar-refractivity contribution in [2.45, 2.75) is 31.7 Å². The van der Waals surface area contributed by atoms with Crippen molar-refractivity contribution in [2.75, 3.05) is 18.0 Å². The molecule has 5 nitrogen and oxygen atoms in total. The molecule has 2 heterocycles. The number of nitrogens with one attached hydrogen (secondary N) is 2. The SMILES string of the molecule is O=C(NC1CC1)C1CCN(c2cc(=S)nc[nH]2)CC1. The molecule has 2 fully saturated rings. The van der Waals surface area contributed by atoms with E-state index in [2.05, 4.69) is 20.2 Å². The molecule has 0 radical (unpaired) electrons. The zero-order valence-electron chi connectivity index (χ0n) is 10.8. The number of aromatic amines is 1. The van der Waals surface area contributed by atoms with Crippen molar-refractivity contribution < 1.29 is 4.79 Å².